The highest BCUT2D eigenvalue weighted by molar-refractivity contribution is 5.64. The molecule has 14 nitrogen and oxygen atoms in total. The van der Waals surface area contributed by atoms with Crippen LogP contribution in [0.15, 0.2) is 24.3 Å². The monoisotopic (exact) mass is 494 g/mol. The highest BCUT2D eigenvalue weighted by Gasteiger charge is 1.90. The fourth-order valence-corrected chi connectivity index (χ4v) is 1.12. The molecule has 0 atom stereocenters. The number of hydrogen-bond acceptors (Lipinski definition) is 9. The van der Waals surface area contributed by atoms with Crippen molar-refractivity contribution in [3.63, 3.8) is 0 Å². The number of carboxylic acid groups (broad SMARTS) is 5. The topological polar surface area (TPSA) is 263 Å². The summed E-state index contributed by atoms with van der Waals surface area (Å²) in [6.45, 7) is 8.77. The van der Waals surface area contributed by atoms with Crippen LogP contribution in [0.3, 0.4) is 0 Å². The van der Waals surface area contributed by atoms with Crippen molar-refractivity contribution in [1.82, 2.24) is 5.32 Å². The minimum absolute atomic E-state index is 0.682. The number of nitrogens with one attached hydrogen (secondary N) is 2. The summed E-state index contributed by atoms with van der Waals surface area (Å²) >= 11 is 0. The van der Waals surface area contributed by atoms with Gasteiger partial charge in [-0.2, -0.15) is 0 Å². The van der Waals surface area contributed by atoms with Crippen LogP contribution in [-0.4, -0.2) is 81.6 Å². The van der Waals surface area contributed by atoms with E-state index in [9.17, 15) is 0 Å². The molecule has 1 rings (SSSR count). The summed E-state index contributed by atoms with van der Waals surface area (Å²) in [6.07, 6.45) is 0. The Morgan fingerprint density at radius 1 is 0.647 bits per heavy atom. The Morgan fingerprint density at radius 3 is 1.21 bits per heavy atom. The molecule has 0 saturated carbocycles. The first-order valence-corrected chi connectivity index (χ1v) is 9.47. The summed E-state index contributed by atoms with van der Waals surface area (Å²) in [4.78, 5) is 45.0. The largest absolute Gasteiger partial charge is 0.481 e. The summed E-state index contributed by atoms with van der Waals surface area (Å²) in [6, 6.07) is 7.71. The minimum atomic E-state index is -0.833. The number of aliphatic carboxylic acids is 5. The summed E-state index contributed by atoms with van der Waals surface area (Å²) < 4.78 is 0. The number of anilines is 2. The fraction of sp³-hybridized carbons (Fsp3) is 0.450. The van der Waals surface area contributed by atoms with E-state index in [4.69, 9.17) is 61.0 Å². The van der Waals surface area contributed by atoms with Gasteiger partial charge in [0.15, 0.2) is 0 Å². The van der Waals surface area contributed by atoms with Gasteiger partial charge in [0.25, 0.3) is 29.8 Å². The zero-order valence-corrected chi connectivity index (χ0v) is 20.1. The highest BCUT2D eigenvalue weighted by atomic mass is 16.4. The minimum Gasteiger partial charge on any atom is -0.481 e. The van der Waals surface area contributed by atoms with Gasteiger partial charge in [-0.05, 0) is 24.3 Å². The first-order chi connectivity index (χ1) is 15.5. The van der Waals surface area contributed by atoms with E-state index >= 15 is 0 Å². The van der Waals surface area contributed by atoms with Gasteiger partial charge in [-0.15, -0.1) is 0 Å². The second-order valence-corrected chi connectivity index (χ2v) is 5.68. The van der Waals surface area contributed by atoms with Gasteiger partial charge in [0.05, 0.1) is 0 Å². The molecular formula is C20H38N4O10. The van der Waals surface area contributed by atoms with Crippen molar-refractivity contribution in [2.45, 2.75) is 34.6 Å². The van der Waals surface area contributed by atoms with E-state index in [1.807, 2.05) is 24.3 Å². The Hall–Kier alpha value is -3.91. The van der Waals surface area contributed by atoms with E-state index in [1.54, 1.807) is 0 Å². The number of rotatable bonds is 6. The van der Waals surface area contributed by atoms with Crippen molar-refractivity contribution in [1.29, 1.82) is 0 Å². The van der Waals surface area contributed by atoms with Crippen molar-refractivity contribution in [3.8, 4) is 0 Å². The Kier molecular flexibility index (Phi) is 37.2. The molecule has 34 heavy (non-hydrogen) atoms. The molecule has 0 aliphatic rings. The molecule has 0 aliphatic carbocycles. The molecule has 11 N–H and O–H groups in total. The van der Waals surface area contributed by atoms with Crippen molar-refractivity contribution in [2.75, 3.05) is 37.2 Å². The van der Waals surface area contributed by atoms with Gasteiger partial charge >= 0.3 is 0 Å². The third kappa shape index (κ3) is 120. The number of carboxylic acids is 5. The molecule has 0 fully saturated rings. The van der Waals surface area contributed by atoms with Gasteiger partial charge in [-0.1, -0.05) is 0 Å². The molecule has 0 radical (unpaired) electrons. The van der Waals surface area contributed by atoms with Crippen LogP contribution in [0.1, 0.15) is 34.6 Å². The molecule has 0 bridgehead atoms. The Morgan fingerprint density at radius 2 is 0.941 bits per heavy atom. The molecule has 14 heteroatoms. The van der Waals surface area contributed by atoms with Crippen molar-refractivity contribution in [2.24, 2.45) is 5.73 Å². The van der Waals surface area contributed by atoms with E-state index in [1.165, 1.54) is 0 Å². The number of nitrogens with two attached hydrogens (primary N) is 2. The average Bonchev–Trinajstić information content (AvgIpc) is 2.61. The highest BCUT2D eigenvalue weighted by Crippen LogP contribution is 2.09. The molecular weight excluding hydrogens is 456 g/mol. The van der Waals surface area contributed by atoms with Crippen molar-refractivity contribution in [3.05, 3.63) is 24.3 Å². The summed E-state index contributed by atoms with van der Waals surface area (Å²) in [5.41, 5.74) is 12.8. The smallest absolute Gasteiger partial charge is 0.300 e. The molecule has 0 amide bonds. The van der Waals surface area contributed by atoms with Crippen LogP contribution >= 0.6 is 0 Å². The van der Waals surface area contributed by atoms with Crippen LogP contribution in [-0.2, 0) is 24.0 Å². The molecule has 0 heterocycles. The normalized spacial score (nSPS) is 7.82. The number of nitrogen functional groups attached to an aromatic ring is 1. The van der Waals surface area contributed by atoms with Gasteiger partial charge in [0.2, 0.25) is 0 Å². The first kappa shape index (κ1) is 40.4. The second-order valence-electron chi connectivity index (χ2n) is 5.68. The number of benzene rings is 1. The zero-order chi connectivity index (χ0) is 28.1. The molecule has 1 aromatic carbocycles. The molecule has 0 aliphatic heterocycles. The maximum Gasteiger partial charge on any atom is 0.300 e. The van der Waals surface area contributed by atoms with Gasteiger partial charge in [-0.3, -0.25) is 24.0 Å². The molecule has 0 spiro atoms. The van der Waals surface area contributed by atoms with Crippen LogP contribution in [0, 0.1) is 0 Å². The molecule has 1 aromatic rings. The fourth-order valence-electron chi connectivity index (χ4n) is 1.12. The molecule has 0 saturated heterocycles. The van der Waals surface area contributed by atoms with Crippen LogP contribution in [0.5, 0.6) is 0 Å². The second kappa shape index (κ2) is 31.3. The Labute approximate surface area is 198 Å². The van der Waals surface area contributed by atoms with Crippen molar-refractivity contribution >= 4 is 41.2 Å². The van der Waals surface area contributed by atoms with Gasteiger partial charge in [0, 0.05) is 72.2 Å². The predicted molar refractivity (Wildman–Crippen MR) is 128 cm³/mol. The van der Waals surface area contributed by atoms with E-state index in [0.717, 1.165) is 65.6 Å². The third-order valence-electron chi connectivity index (χ3n) is 1.86. The third-order valence-corrected chi connectivity index (χ3v) is 1.86. The molecule has 198 valence electrons. The lowest BCUT2D eigenvalue weighted by molar-refractivity contribution is -0.135. The zero-order valence-electron chi connectivity index (χ0n) is 20.1. The van der Waals surface area contributed by atoms with Gasteiger partial charge in [-0.25, -0.2) is 0 Å². The van der Waals surface area contributed by atoms with Crippen LogP contribution < -0.4 is 22.1 Å². The average molecular weight is 495 g/mol. The number of hydrogen-bond donors (Lipinski definition) is 9. The lowest BCUT2D eigenvalue weighted by atomic mass is 10.3. The predicted octanol–water partition coefficient (Wildman–Crippen LogP) is 0.684. The van der Waals surface area contributed by atoms with Crippen molar-refractivity contribution < 1.29 is 49.5 Å². The Balaban J connectivity index is -0.000000116. The van der Waals surface area contributed by atoms with Crippen LogP contribution in [0.25, 0.3) is 0 Å². The quantitative estimate of drug-likeness (QED) is 0.194. The van der Waals surface area contributed by atoms with E-state index in [0.29, 0.717) is 6.54 Å². The van der Waals surface area contributed by atoms with Gasteiger partial charge < -0.3 is 47.6 Å². The van der Waals surface area contributed by atoms with E-state index < -0.39 is 29.8 Å². The maximum atomic E-state index is 9.00. The van der Waals surface area contributed by atoms with E-state index in [-0.39, 0.29) is 0 Å². The molecule has 0 aromatic heterocycles. The van der Waals surface area contributed by atoms with Gasteiger partial charge in [0.1, 0.15) is 0 Å². The lowest BCUT2D eigenvalue weighted by Gasteiger charge is -2.07. The SMILES string of the molecule is CC(=O)O.CC(=O)O.CC(=O)O.CC(=O)O.CC(=O)O.NCCNCCNc1ccc(N)cc1. The lowest BCUT2D eigenvalue weighted by Crippen LogP contribution is -2.27. The maximum absolute atomic E-state index is 9.00. The summed E-state index contributed by atoms with van der Waals surface area (Å²) in [7, 11) is 0. The first-order valence-electron chi connectivity index (χ1n) is 9.47. The summed E-state index contributed by atoms with van der Waals surface area (Å²) in [5.74, 6) is -4.17. The Bertz CT molecular complexity index is 578. The molecule has 0 unspecified atom stereocenters. The van der Waals surface area contributed by atoms with Crippen LogP contribution in [0.2, 0.25) is 0 Å². The standard InChI is InChI=1S/C10H18N4.5C2H4O2/c11-5-6-13-7-8-14-10-3-1-9(12)2-4-10;5*1-2(3)4/h1-4,13-14H,5-8,11-12H2;5*1H3,(H,3,4). The van der Waals surface area contributed by atoms with E-state index in [2.05, 4.69) is 10.6 Å². The summed E-state index contributed by atoms with van der Waals surface area (Å²) in [5, 5.41) is 43.6. The number of carbonyl (C=O) groups is 5. The van der Waals surface area contributed by atoms with Crippen LogP contribution in [0.4, 0.5) is 11.4 Å².